The minimum atomic E-state index is -0.447. The number of ether oxygens (including phenoxy) is 2. The highest BCUT2D eigenvalue weighted by molar-refractivity contribution is 7.00. The van der Waals surface area contributed by atoms with Crippen LogP contribution in [0.5, 0.6) is 23.0 Å². The van der Waals surface area contributed by atoms with Crippen molar-refractivity contribution >= 4 is 230 Å². The van der Waals surface area contributed by atoms with Gasteiger partial charge in [-0.3, -0.25) is 0 Å². The molecule has 4 aliphatic heterocycles. The van der Waals surface area contributed by atoms with Gasteiger partial charge >= 0.3 is 0 Å². The Balaban J connectivity index is 0.919. The number of hydrogen-bond acceptors (Lipinski definition) is 4. The van der Waals surface area contributed by atoms with Crippen molar-refractivity contribution in [1.82, 2.24) is 9.13 Å². The zero-order valence-corrected chi connectivity index (χ0v) is 63.9. The maximum atomic E-state index is 7.35. The first-order valence-corrected chi connectivity index (χ1v) is 38.7. The minimum Gasteiger partial charge on any atom is -0.458 e. The molecule has 518 valence electrons. The Bertz CT molecular complexity index is 6750. The molecule has 0 atom stereocenters. The SMILES string of the molecule is [B]c1c([B])c([B])c2c(c1[B])c1c([B])c([B])c([B])c([B])c1n2-c1ccc2c(c1)N(c1cc(-c3ccccc3)cc(-c3ccccc3)c1)c1cc(-c3cc4c5c(c3)Oc3ccccc3B5c3ccccc3O4)cc3c1B2c1ccc(-n2c4ccc(C(C)(C)C)cc4c4cc(C(C)(C)C)ccc42)cc1N3c1ccccc1-c1ccccc1. The summed E-state index contributed by atoms with van der Waals surface area (Å²) >= 11 is 0. The van der Waals surface area contributed by atoms with Gasteiger partial charge in [0.1, 0.15) is 85.8 Å². The summed E-state index contributed by atoms with van der Waals surface area (Å²) in [6.07, 6.45) is 0. The molecule has 6 heterocycles. The van der Waals surface area contributed by atoms with Crippen LogP contribution < -0.4 is 95.8 Å². The lowest BCUT2D eigenvalue weighted by Gasteiger charge is -2.45. The Labute approximate surface area is 675 Å². The molecule has 16 heteroatoms. The minimum absolute atomic E-state index is 0.109. The van der Waals surface area contributed by atoms with E-state index in [9.17, 15) is 0 Å². The maximum Gasteiger partial charge on any atom is 0.260 e. The smallest absolute Gasteiger partial charge is 0.260 e. The highest BCUT2D eigenvalue weighted by atomic mass is 16.5. The molecule has 2 aromatic heterocycles. The van der Waals surface area contributed by atoms with Crippen LogP contribution in [0.25, 0.3) is 99.5 Å². The largest absolute Gasteiger partial charge is 0.458 e. The Hall–Kier alpha value is -12.3. The predicted molar refractivity (Wildman–Crippen MR) is 489 cm³/mol. The topological polar surface area (TPSA) is 34.8 Å². The van der Waals surface area contributed by atoms with E-state index in [2.05, 4.69) is 323 Å². The summed E-state index contributed by atoms with van der Waals surface area (Å²) in [6, 6.07) is 102. The lowest BCUT2D eigenvalue weighted by molar-refractivity contribution is 0.465. The summed E-state index contributed by atoms with van der Waals surface area (Å²) in [6.45, 7) is 13.2. The van der Waals surface area contributed by atoms with Crippen LogP contribution >= 0.6 is 0 Å². The normalized spacial score (nSPS) is 13.2. The Morgan fingerprint density at radius 2 is 0.684 bits per heavy atom. The average Bonchev–Trinajstić information content (AvgIpc) is 0.872. The van der Waals surface area contributed by atoms with Gasteiger partial charge in [-0.1, -0.05) is 233 Å². The highest BCUT2D eigenvalue weighted by Gasteiger charge is 2.46. The lowest BCUT2D eigenvalue weighted by atomic mass is 9.33. The summed E-state index contributed by atoms with van der Waals surface area (Å²) in [5.74, 6) is 3.02. The van der Waals surface area contributed by atoms with Crippen LogP contribution in [0.4, 0.5) is 34.1 Å². The molecule has 0 saturated heterocycles. The molecule has 4 aliphatic rings. The van der Waals surface area contributed by atoms with Gasteiger partial charge in [-0.05, 0) is 208 Å². The van der Waals surface area contributed by atoms with E-state index in [1.54, 1.807) is 0 Å². The lowest BCUT2D eigenvalue weighted by Crippen LogP contribution is -2.61. The van der Waals surface area contributed by atoms with Crippen LogP contribution in [0, 0.1) is 0 Å². The third-order valence-electron chi connectivity index (χ3n) is 24.3. The molecule has 0 spiro atoms. The van der Waals surface area contributed by atoms with E-state index in [4.69, 9.17) is 72.2 Å². The number of hydrogen-bond donors (Lipinski definition) is 0. The second-order valence-corrected chi connectivity index (χ2v) is 32.9. The Morgan fingerprint density at radius 1 is 0.272 bits per heavy atom. The van der Waals surface area contributed by atoms with Gasteiger partial charge in [-0.15, -0.1) is 21.9 Å². The van der Waals surface area contributed by atoms with Crippen molar-refractivity contribution in [3.8, 4) is 78.9 Å². The van der Waals surface area contributed by atoms with E-state index >= 15 is 0 Å². The number of nitrogens with zero attached hydrogens (tertiary/aromatic N) is 4. The van der Waals surface area contributed by atoms with E-state index in [1.165, 1.54) is 21.9 Å². The average molecular weight is 1440 g/mol. The van der Waals surface area contributed by atoms with E-state index in [0.29, 0.717) is 39.0 Å². The second-order valence-electron chi connectivity index (χ2n) is 32.9. The first kappa shape index (κ1) is 69.7. The molecule has 17 aromatic rings. The van der Waals surface area contributed by atoms with Crippen LogP contribution in [0.3, 0.4) is 0 Å². The van der Waals surface area contributed by atoms with Crippen molar-refractivity contribution in [3.63, 3.8) is 0 Å². The molecular formula is C98H64B10N4O2. The number of rotatable bonds is 8. The van der Waals surface area contributed by atoms with Crippen LogP contribution in [0.1, 0.15) is 52.7 Å². The molecular weight excluding hydrogens is 1370 g/mol. The third-order valence-corrected chi connectivity index (χ3v) is 24.3. The molecule has 16 radical (unpaired) electrons. The Kier molecular flexibility index (Phi) is 15.7. The van der Waals surface area contributed by atoms with Gasteiger partial charge in [0.15, 0.2) is 0 Å². The predicted octanol–water partition coefficient (Wildman–Crippen LogP) is 12.3. The van der Waals surface area contributed by atoms with Gasteiger partial charge in [-0.25, -0.2) is 0 Å². The van der Waals surface area contributed by atoms with Gasteiger partial charge in [0.05, 0.1) is 16.7 Å². The standard InChI is InChI=1S/C98H64B10N4O2/c1-97(2,3)60-34-40-73-66(49-60)67-50-61(98(4,5)6)35-41-74(67)109(73)62-36-38-69-76(51-62)112(72-31-19-16-28-65(72)55-26-14-9-15-27-55)78-46-58(59-47-81-94-82(48-59)114-80-33-21-18-30-71(80)108(94)70-29-17-20-32-79(70)113-81)45-77-93(78)107(69)68-39-37-63(111-95-83(85(99)87(101)89(103)91(95)105)84-86(100)88(102)90(104)92(106)96(84)111)52-75(68)110(77)64-43-56(53-22-10-7-11-23-53)42-57(44-64)54-24-12-8-13-25-54/h7-52H,1-6H3. The quantitative estimate of drug-likeness (QED) is 0.142. The van der Waals surface area contributed by atoms with Crippen LogP contribution in [-0.2, 0) is 10.8 Å². The number of aromatic nitrogens is 2. The molecule has 0 bridgehead atoms. The molecule has 0 amide bonds. The number of anilines is 6. The van der Waals surface area contributed by atoms with Crippen LogP contribution in [-0.4, -0.2) is 85.3 Å². The zero-order chi connectivity index (χ0) is 77.8. The van der Waals surface area contributed by atoms with Gasteiger partial charge in [0.2, 0.25) is 0 Å². The van der Waals surface area contributed by atoms with Crippen molar-refractivity contribution in [3.05, 3.63) is 290 Å². The summed E-state index contributed by atoms with van der Waals surface area (Å²) in [7, 11) is 56.6. The molecule has 0 unspecified atom stereocenters. The third kappa shape index (κ3) is 10.5. The van der Waals surface area contributed by atoms with Gasteiger partial charge in [0, 0.05) is 72.6 Å². The van der Waals surface area contributed by atoms with Gasteiger partial charge < -0.3 is 28.4 Å². The van der Waals surface area contributed by atoms with Crippen molar-refractivity contribution in [2.75, 3.05) is 9.80 Å². The molecule has 0 N–H and O–H groups in total. The number of benzene rings is 15. The molecule has 0 saturated carbocycles. The van der Waals surface area contributed by atoms with E-state index in [-0.39, 0.29) is 61.2 Å². The zero-order valence-electron chi connectivity index (χ0n) is 63.9. The highest BCUT2D eigenvalue weighted by Crippen LogP contribution is 2.52. The number of para-hydroxylation sites is 3. The molecule has 6 nitrogen and oxygen atoms in total. The Morgan fingerprint density at radius 3 is 1.19 bits per heavy atom. The van der Waals surface area contributed by atoms with Crippen LogP contribution in [0.2, 0.25) is 0 Å². The molecule has 114 heavy (non-hydrogen) atoms. The first-order valence-electron chi connectivity index (χ1n) is 38.7. The summed E-state index contributed by atoms with van der Waals surface area (Å²) in [5, 5.41) is 3.28. The summed E-state index contributed by atoms with van der Waals surface area (Å²) in [5.41, 5.74) is 28.1. The van der Waals surface area contributed by atoms with E-state index < -0.39 is 6.71 Å². The van der Waals surface area contributed by atoms with E-state index in [1.807, 2.05) is 16.7 Å². The summed E-state index contributed by atoms with van der Waals surface area (Å²) < 4.78 is 18.9. The van der Waals surface area contributed by atoms with Crippen molar-refractivity contribution < 1.29 is 9.47 Å². The first-order chi connectivity index (χ1) is 55.1. The van der Waals surface area contributed by atoms with Gasteiger partial charge in [-0.2, -0.15) is 0 Å². The number of fused-ring (bicyclic) bond motifs is 14. The van der Waals surface area contributed by atoms with Crippen molar-refractivity contribution in [2.45, 2.75) is 52.4 Å². The second kappa shape index (κ2) is 25.6. The van der Waals surface area contributed by atoms with Crippen molar-refractivity contribution in [2.24, 2.45) is 0 Å². The maximum absolute atomic E-state index is 7.35. The van der Waals surface area contributed by atoms with Gasteiger partial charge in [0.25, 0.3) is 13.4 Å². The van der Waals surface area contributed by atoms with E-state index in [0.717, 1.165) is 140 Å². The monoisotopic (exact) mass is 1440 g/mol. The fourth-order valence-electron chi connectivity index (χ4n) is 18.6. The molecule has 15 aromatic carbocycles. The molecule has 0 fully saturated rings. The fourth-order valence-corrected chi connectivity index (χ4v) is 18.6. The fraction of sp³-hybridized carbons (Fsp3) is 0.0816. The molecule has 0 aliphatic carbocycles. The summed E-state index contributed by atoms with van der Waals surface area (Å²) in [4.78, 5) is 4.99. The van der Waals surface area contributed by atoms with Crippen molar-refractivity contribution in [1.29, 1.82) is 0 Å². The molecule has 21 rings (SSSR count). The van der Waals surface area contributed by atoms with Crippen LogP contribution in [0.15, 0.2) is 279 Å².